The first-order chi connectivity index (χ1) is 7.68. The Morgan fingerprint density at radius 2 is 1.82 bits per heavy atom. The molecule has 0 aromatic carbocycles. The van der Waals surface area contributed by atoms with Crippen LogP contribution in [0, 0.1) is 0 Å². The van der Waals surface area contributed by atoms with E-state index in [9.17, 15) is 4.79 Å². The molecule has 3 N–H and O–H groups in total. The van der Waals surface area contributed by atoms with Gasteiger partial charge in [0.15, 0.2) is 0 Å². The average Bonchev–Trinajstić information content (AvgIpc) is 2.11. The van der Waals surface area contributed by atoms with Crippen molar-refractivity contribution in [2.24, 2.45) is 5.90 Å². The van der Waals surface area contributed by atoms with E-state index in [1.807, 2.05) is 27.7 Å². The monoisotopic (exact) mass is 264 g/mol. The van der Waals surface area contributed by atoms with Gasteiger partial charge in [-0.1, -0.05) is 12.6 Å². The summed E-state index contributed by atoms with van der Waals surface area (Å²) < 4.78 is 5.74. The van der Waals surface area contributed by atoms with Gasteiger partial charge in [-0.05, 0) is 34.1 Å². The van der Waals surface area contributed by atoms with Gasteiger partial charge in [0.05, 0.1) is 12.2 Å². The highest BCUT2D eigenvalue weighted by Gasteiger charge is 2.22. The molecule has 0 fully saturated rings. The Hall–Kier alpha value is -0.300. The van der Waals surface area contributed by atoms with Crippen LogP contribution in [0.15, 0.2) is 0 Å². The Kier molecular flexibility index (Phi) is 7.08. The van der Waals surface area contributed by atoms with Crippen molar-refractivity contribution in [3.05, 3.63) is 0 Å². The van der Waals surface area contributed by atoms with Gasteiger partial charge >= 0.3 is 0 Å². The van der Waals surface area contributed by atoms with E-state index in [1.165, 1.54) is 0 Å². The lowest BCUT2D eigenvalue weighted by atomic mass is 10.0. The van der Waals surface area contributed by atoms with E-state index in [4.69, 9.17) is 10.6 Å². The van der Waals surface area contributed by atoms with Crippen molar-refractivity contribution in [3.63, 3.8) is 0 Å². The fourth-order valence-electron chi connectivity index (χ4n) is 1.31. The van der Waals surface area contributed by atoms with E-state index < -0.39 is 0 Å². The molecule has 0 bridgehead atoms. The summed E-state index contributed by atoms with van der Waals surface area (Å²) in [6.07, 6.45) is 1.44. The maximum absolute atomic E-state index is 10.8. The summed E-state index contributed by atoms with van der Waals surface area (Å²) in [6.45, 7) is 8.84. The maximum atomic E-state index is 10.8. The molecule has 0 aliphatic heterocycles. The number of carbonyl (C=O) groups is 1. The summed E-state index contributed by atoms with van der Waals surface area (Å²) in [7, 11) is 0. The van der Waals surface area contributed by atoms with E-state index in [2.05, 4.69) is 22.8 Å². The molecular formula is C11H24N2O3S. The highest BCUT2D eigenvalue weighted by atomic mass is 32.1. The predicted molar refractivity (Wildman–Crippen MR) is 71.0 cm³/mol. The fourth-order valence-corrected chi connectivity index (χ4v) is 1.61. The number of hydrogen-bond acceptors (Lipinski definition) is 4. The highest BCUT2D eigenvalue weighted by molar-refractivity contribution is 7.96. The zero-order valence-corrected chi connectivity index (χ0v) is 12.0. The zero-order chi connectivity index (χ0) is 13.5. The number of amides is 1. The van der Waals surface area contributed by atoms with Gasteiger partial charge in [-0.2, -0.15) is 0 Å². The first-order valence-electron chi connectivity index (χ1n) is 5.65. The van der Waals surface area contributed by atoms with Crippen LogP contribution in [-0.4, -0.2) is 29.6 Å². The second-order valence-corrected chi connectivity index (χ2v) is 5.70. The molecule has 0 saturated heterocycles. The summed E-state index contributed by atoms with van der Waals surface area (Å²) in [5.74, 6) is 4.98. The average molecular weight is 264 g/mol. The third-order valence-electron chi connectivity index (χ3n) is 2.49. The molecule has 0 rings (SSSR count). The van der Waals surface area contributed by atoms with Crippen molar-refractivity contribution in [1.29, 1.82) is 0 Å². The number of nitrogens with one attached hydrogen (secondary N) is 1. The summed E-state index contributed by atoms with van der Waals surface area (Å²) in [4.78, 5) is 15.4. The van der Waals surface area contributed by atoms with Gasteiger partial charge in [0.1, 0.15) is 0 Å². The Morgan fingerprint density at radius 1 is 1.24 bits per heavy atom. The molecule has 0 aromatic heterocycles. The lowest BCUT2D eigenvalue weighted by Crippen LogP contribution is -2.42. The Bertz CT molecular complexity index is 245. The minimum atomic E-state index is -0.328. The predicted octanol–water partition coefficient (Wildman–Crippen LogP) is 1.87. The number of thiol groups is 1. The highest BCUT2D eigenvalue weighted by Crippen LogP contribution is 2.17. The Labute approximate surface area is 109 Å². The molecule has 6 heteroatoms. The maximum Gasteiger partial charge on any atom is 0.276 e. The quantitative estimate of drug-likeness (QED) is 0.462. The minimum Gasteiger partial charge on any atom is -0.375 e. The SMILES string of the molecule is CC(C)(CCOC(C)(C)CCON)NC(=O)S. The standard InChI is InChI=1S/C11H24N2O3S/c1-10(2,13-9(14)17)5-7-15-11(3,4)6-8-16-12/h5-8,12H2,1-4H3,(H2,13,14,17). The third kappa shape index (κ3) is 9.41. The molecule has 0 saturated carbocycles. The smallest absolute Gasteiger partial charge is 0.276 e. The first-order valence-corrected chi connectivity index (χ1v) is 6.10. The molecule has 0 unspecified atom stereocenters. The molecule has 0 atom stereocenters. The van der Waals surface area contributed by atoms with E-state index in [1.54, 1.807) is 0 Å². The Morgan fingerprint density at radius 3 is 2.29 bits per heavy atom. The number of nitrogens with two attached hydrogens (primary N) is 1. The summed E-state index contributed by atoms with van der Waals surface area (Å²) in [5.41, 5.74) is -0.598. The zero-order valence-electron chi connectivity index (χ0n) is 11.1. The van der Waals surface area contributed by atoms with Crippen LogP contribution in [0.3, 0.4) is 0 Å². The lowest BCUT2D eigenvalue weighted by Gasteiger charge is -2.29. The molecule has 0 aliphatic carbocycles. The van der Waals surface area contributed by atoms with Crippen LogP contribution in [0.4, 0.5) is 4.79 Å². The molecule has 102 valence electrons. The van der Waals surface area contributed by atoms with Crippen LogP contribution in [0.5, 0.6) is 0 Å². The molecule has 0 spiro atoms. The van der Waals surface area contributed by atoms with Crippen molar-refractivity contribution in [2.45, 2.75) is 51.7 Å². The second-order valence-electron chi connectivity index (χ2n) is 5.29. The van der Waals surface area contributed by atoms with Gasteiger partial charge in [0, 0.05) is 18.6 Å². The van der Waals surface area contributed by atoms with Crippen LogP contribution in [-0.2, 0) is 9.57 Å². The van der Waals surface area contributed by atoms with E-state index >= 15 is 0 Å². The largest absolute Gasteiger partial charge is 0.375 e. The molecule has 0 aliphatic rings. The van der Waals surface area contributed by atoms with Crippen LogP contribution >= 0.6 is 12.6 Å². The minimum absolute atomic E-state index is 0.277. The lowest BCUT2D eigenvalue weighted by molar-refractivity contribution is -0.0463. The van der Waals surface area contributed by atoms with Crippen LogP contribution < -0.4 is 11.2 Å². The van der Waals surface area contributed by atoms with Crippen LogP contribution in [0.1, 0.15) is 40.5 Å². The number of rotatable bonds is 8. The second kappa shape index (κ2) is 7.20. The van der Waals surface area contributed by atoms with E-state index in [-0.39, 0.29) is 16.4 Å². The summed E-state index contributed by atoms with van der Waals surface area (Å²) in [5, 5.41) is 2.42. The van der Waals surface area contributed by atoms with Crippen molar-refractivity contribution in [2.75, 3.05) is 13.2 Å². The van der Waals surface area contributed by atoms with Gasteiger partial charge in [-0.15, -0.1) is 0 Å². The molecular weight excluding hydrogens is 240 g/mol. The van der Waals surface area contributed by atoms with Gasteiger partial charge < -0.3 is 14.9 Å². The van der Waals surface area contributed by atoms with E-state index in [0.29, 0.717) is 19.6 Å². The molecule has 0 heterocycles. The van der Waals surface area contributed by atoms with Crippen molar-refractivity contribution in [1.82, 2.24) is 5.32 Å². The molecule has 1 amide bonds. The number of hydrogen-bond donors (Lipinski definition) is 3. The van der Waals surface area contributed by atoms with Gasteiger partial charge in [0.2, 0.25) is 0 Å². The van der Waals surface area contributed by atoms with Crippen molar-refractivity contribution >= 4 is 17.9 Å². The Balaban J connectivity index is 3.92. The summed E-state index contributed by atoms with van der Waals surface area (Å²) in [6, 6.07) is 0. The molecule has 17 heavy (non-hydrogen) atoms. The number of ether oxygens (including phenoxy) is 1. The van der Waals surface area contributed by atoms with Crippen molar-refractivity contribution in [3.8, 4) is 0 Å². The molecule has 5 nitrogen and oxygen atoms in total. The first kappa shape index (κ1) is 16.7. The third-order valence-corrected chi connectivity index (χ3v) is 2.60. The molecule has 0 aromatic rings. The van der Waals surface area contributed by atoms with Gasteiger partial charge in [0.25, 0.3) is 5.24 Å². The van der Waals surface area contributed by atoms with Gasteiger partial charge in [-0.3, -0.25) is 4.79 Å². The number of carbonyl (C=O) groups excluding carboxylic acids is 1. The van der Waals surface area contributed by atoms with Gasteiger partial charge in [-0.25, -0.2) is 5.90 Å². The van der Waals surface area contributed by atoms with Crippen LogP contribution in [0.2, 0.25) is 0 Å². The van der Waals surface area contributed by atoms with E-state index in [0.717, 1.165) is 6.42 Å². The molecule has 0 radical (unpaired) electrons. The van der Waals surface area contributed by atoms with Crippen molar-refractivity contribution < 1.29 is 14.4 Å². The van der Waals surface area contributed by atoms with Crippen LogP contribution in [0.25, 0.3) is 0 Å². The topological polar surface area (TPSA) is 73.6 Å². The fraction of sp³-hybridized carbons (Fsp3) is 0.909. The normalized spacial score (nSPS) is 12.6. The summed E-state index contributed by atoms with van der Waals surface area (Å²) >= 11 is 3.70.